The average molecular weight is 397 g/mol. The molecule has 0 saturated carbocycles. The van der Waals surface area contributed by atoms with Crippen LogP contribution in [0, 0.1) is 0 Å². The van der Waals surface area contributed by atoms with Crippen molar-refractivity contribution in [3.8, 4) is 11.5 Å². The molecule has 1 heterocycles. The van der Waals surface area contributed by atoms with Crippen LogP contribution in [0.5, 0.6) is 11.5 Å². The van der Waals surface area contributed by atoms with Crippen LogP contribution in [-0.2, 0) is 6.18 Å². The molecule has 1 aliphatic rings. The Bertz CT molecular complexity index is 841. The van der Waals surface area contributed by atoms with Gasteiger partial charge in [-0.05, 0) is 23.8 Å². The molecule has 27 heavy (non-hydrogen) atoms. The van der Waals surface area contributed by atoms with Crippen molar-refractivity contribution in [2.75, 3.05) is 26.5 Å². The molecule has 1 fully saturated rings. The Morgan fingerprint density at radius 3 is 2.56 bits per heavy atom. The van der Waals surface area contributed by atoms with Gasteiger partial charge in [0.05, 0.1) is 25.3 Å². The molecule has 0 bridgehead atoms. The van der Waals surface area contributed by atoms with Gasteiger partial charge in [-0.15, -0.1) is 11.8 Å². The first-order chi connectivity index (χ1) is 12.9. The van der Waals surface area contributed by atoms with E-state index in [1.807, 2.05) is 0 Å². The predicted molar refractivity (Wildman–Crippen MR) is 97.2 cm³/mol. The summed E-state index contributed by atoms with van der Waals surface area (Å²) < 4.78 is 50.6. The first kappa shape index (κ1) is 19.4. The second-order valence-corrected chi connectivity index (χ2v) is 7.06. The number of benzene rings is 2. The zero-order chi connectivity index (χ0) is 19.6. The molecule has 1 aliphatic heterocycles. The third kappa shape index (κ3) is 3.85. The number of nitrogens with zero attached hydrogens (tertiary/aromatic N) is 1. The quantitative estimate of drug-likeness (QED) is 0.755. The van der Waals surface area contributed by atoms with Gasteiger partial charge in [0.25, 0.3) is 5.91 Å². The Labute approximate surface area is 159 Å². The van der Waals surface area contributed by atoms with E-state index in [0.29, 0.717) is 23.8 Å². The van der Waals surface area contributed by atoms with Crippen molar-refractivity contribution in [2.45, 2.75) is 11.6 Å². The predicted octanol–water partition coefficient (Wildman–Crippen LogP) is 4.61. The van der Waals surface area contributed by atoms with Crippen molar-refractivity contribution in [2.24, 2.45) is 0 Å². The fourth-order valence-corrected chi connectivity index (χ4v) is 4.33. The number of amides is 1. The number of carbonyl (C=O) groups is 1. The number of thioether (sulfide) groups is 1. The minimum absolute atomic E-state index is 0.0910. The van der Waals surface area contributed by atoms with E-state index in [1.54, 1.807) is 24.3 Å². The smallest absolute Gasteiger partial charge is 0.416 e. The molecule has 144 valence electrons. The fraction of sp³-hybridized carbons (Fsp3) is 0.316. The summed E-state index contributed by atoms with van der Waals surface area (Å²) >= 11 is 1.32. The number of hydrogen-bond donors (Lipinski definition) is 0. The van der Waals surface area contributed by atoms with Gasteiger partial charge >= 0.3 is 6.18 Å². The van der Waals surface area contributed by atoms with E-state index in [4.69, 9.17) is 9.47 Å². The zero-order valence-electron chi connectivity index (χ0n) is 14.7. The number of ether oxygens (including phenoxy) is 2. The zero-order valence-corrected chi connectivity index (χ0v) is 15.6. The summed E-state index contributed by atoms with van der Waals surface area (Å²) in [5.41, 5.74) is -0.340. The second kappa shape index (κ2) is 7.72. The largest absolute Gasteiger partial charge is 0.497 e. The summed E-state index contributed by atoms with van der Waals surface area (Å²) in [6.07, 6.45) is -4.48. The minimum Gasteiger partial charge on any atom is -0.497 e. The summed E-state index contributed by atoms with van der Waals surface area (Å²) in [6.45, 7) is 0.357. The highest BCUT2D eigenvalue weighted by molar-refractivity contribution is 7.99. The Morgan fingerprint density at radius 1 is 1.15 bits per heavy atom. The molecular weight excluding hydrogens is 379 g/mol. The van der Waals surface area contributed by atoms with Crippen LogP contribution < -0.4 is 9.47 Å². The third-order valence-corrected chi connectivity index (χ3v) is 5.57. The summed E-state index contributed by atoms with van der Waals surface area (Å²) in [7, 11) is 2.93. The lowest BCUT2D eigenvalue weighted by Crippen LogP contribution is -2.31. The first-order valence-electron chi connectivity index (χ1n) is 8.17. The molecule has 8 heteroatoms. The topological polar surface area (TPSA) is 38.8 Å². The summed E-state index contributed by atoms with van der Waals surface area (Å²) in [5.74, 6) is 1.03. The van der Waals surface area contributed by atoms with E-state index in [2.05, 4.69) is 0 Å². The van der Waals surface area contributed by atoms with Gasteiger partial charge in [0, 0.05) is 18.4 Å². The fourth-order valence-electron chi connectivity index (χ4n) is 3.04. The molecule has 0 spiro atoms. The molecule has 1 unspecified atom stereocenters. The molecule has 3 rings (SSSR count). The van der Waals surface area contributed by atoms with E-state index in [-0.39, 0.29) is 17.0 Å². The van der Waals surface area contributed by atoms with E-state index in [0.717, 1.165) is 6.07 Å². The standard InChI is InChI=1S/C19H18F3NO3S/c1-25-12-7-8-14(16(11-12)26-2)17(24)23-9-10-27-18(23)13-5-3-4-6-15(13)19(20,21)22/h3-8,11,18H,9-10H2,1-2H3. The Balaban J connectivity index is 1.98. The van der Waals surface area contributed by atoms with E-state index in [9.17, 15) is 18.0 Å². The van der Waals surface area contributed by atoms with Gasteiger partial charge in [0.15, 0.2) is 0 Å². The highest BCUT2D eigenvalue weighted by Crippen LogP contribution is 2.44. The van der Waals surface area contributed by atoms with Gasteiger partial charge in [-0.3, -0.25) is 4.79 Å². The first-order valence-corrected chi connectivity index (χ1v) is 9.22. The van der Waals surface area contributed by atoms with Gasteiger partial charge in [0.2, 0.25) is 0 Å². The van der Waals surface area contributed by atoms with Crippen LogP contribution in [0.4, 0.5) is 13.2 Å². The van der Waals surface area contributed by atoms with Gasteiger partial charge < -0.3 is 14.4 Å². The van der Waals surface area contributed by atoms with Crippen molar-refractivity contribution in [3.63, 3.8) is 0 Å². The molecule has 1 amide bonds. The maximum absolute atomic E-state index is 13.4. The highest BCUT2D eigenvalue weighted by atomic mass is 32.2. The monoisotopic (exact) mass is 397 g/mol. The van der Waals surface area contributed by atoms with E-state index >= 15 is 0 Å². The molecule has 2 aromatic carbocycles. The van der Waals surface area contributed by atoms with Crippen LogP contribution in [0.25, 0.3) is 0 Å². The van der Waals surface area contributed by atoms with Crippen LogP contribution in [0.2, 0.25) is 0 Å². The van der Waals surface area contributed by atoms with Crippen molar-refractivity contribution in [1.82, 2.24) is 4.90 Å². The Hall–Kier alpha value is -2.35. The van der Waals surface area contributed by atoms with Crippen LogP contribution in [0.3, 0.4) is 0 Å². The van der Waals surface area contributed by atoms with Crippen molar-refractivity contribution in [1.29, 1.82) is 0 Å². The van der Waals surface area contributed by atoms with Gasteiger partial charge in [-0.2, -0.15) is 13.2 Å². The summed E-state index contributed by atoms with van der Waals surface area (Å²) in [4.78, 5) is 14.5. The number of alkyl halides is 3. The lowest BCUT2D eigenvalue weighted by molar-refractivity contribution is -0.138. The van der Waals surface area contributed by atoms with Crippen LogP contribution in [0.1, 0.15) is 26.9 Å². The van der Waals surface area contributed by atoms with Crippen molar-refractivity contribution >= 4 is 17.7 Å². The molecule has 0 aliphatic carbocycles. The van der Waals surface area contributed by atoms with E-state index < -0.39 is 17.1 Å². The summed E-state index contributed by atoms with van der Waals surface area (Å²) in [5, 5.41) is -0.706. The maximum atomic E-state index is 13.4. The molecule has 2 aromatic rings. The maximum Gasteiger partial charge on any atom is 0.416 e. The average Bonchev–Trinajstić information content (AvgIpc) is 3.16. The lowest BCUT2D eigenvalue weighted by Gasteiger charge is -2.27. The van der Waals surface area contributed by atoms with E-state index in [1.165, 1.54) is 43.0 Å². The molecule has 0 radical (unpaired) electrons. The molecule has 1 saturated heterocycles. The van der Waals surface area contributed by atoms with Crippen LogP contribution in [0.15, 0.2) is 42.5 Å². The lowest BCUT2D eigenvalue weighted by atomic mass is 10.1. The highest BCUT2D eigenvalue weighted by Gasteiger charge is 2.40. The van der Waals surface area contributed by atoms with Gasteiger partial charge in [-0.25, -0.2) is 0 Å². The normalized spacial score (nSPS) is 17.1. The van der Waals surface area contributed by atoms with Crippen LogP contribution >= 0.6 is 11.8 Å². The van der Waals surface area contributed by atoms with Crippen molar-refractivity contribution in [3.05, 3.63) is 59.2 Å². The molecule has 0 aromatic heterocycles. The summed E-state index contributed by atoms with van der Waals surface area (Å²) in [6, 6.07) is 10.1. The minimum atomic E-state index is -4.48. The molecule has 0 N–H and O–H groups in total. The Kier molecular flexibility index (Phi) is 5.55. The van der Waals surface area contributed by atoms with Crippen molar-refractivity contribution < 1.29 is 27.4 Å². The second-order valence-electron chi connectivity index (χ2n) is 5.87. The van der Waals surface area contributed by atoms with Crippen LogP contribution in [-0.4, -0.2) is 37.3 Å². The Morgan fingerprint density at radius 2 is 1.89 bits per heavy atom. The van der Waals surface area contributed by atoms with Gasteiger partial charge in [-0.1, -0.05) is 18.2 Å². The third-order valence-electron chi connectivity index (χ3n) is 4.32. The molecular formula is C19H18F3NO3S. The molecule has 1 atom stereocenters. The SMILES string of the molecule is COc1ccc(C(=O)N2CCSC2c2ccccc2C(F)(F)F)c(OC)c1. The number of methoxy groups -OCH3 is 2. The number of halogens is 3. The molecule has 4 nitrogen and oxygen atoms in total. The number of carbonyl (C=O) groups excluding carboxylic acids is 1. The number of hydrogen-bond acceptors (Lipinski definition) is 4. The van der Waals surface area contributed by atoms with Gasteiger partial charge in [0.1, 0.15) is 16.9 Å². The number of rotatable bonds is 4.